The number of anilines is 1. The number of halogens is 3. The van der Waals surface area contributed by atoms with E-state index in [0.717, 1.165) is 12.3 Å². The fourth-order valence-electron chi connectivity index (χ4n) is 1.30. The van der Waals surface area contributed by atoms with Crippen LogP contribution in [0, 0.1) is 0 Å². The first-order chi connectivity index (χ1) is 7.97. The number of aliphatic hydroxyl groups is 1. The van der Waals surface area contributed by atoms with Gasteiger partial charge in [0.2, 0.25) is 5.95 Å². The molecule has 0 aliphatic carbocycles. The number of hydrogen-bond acceptors (Lipinski definition) is 4. The molecule has 0 spiro atoms. The van der Waals surface area contributed by atoms with Crippen molar-refractivity contribution >= 4 is 5.95 Å². The molecule has 0 bridgehead atoms. The second-order valence-electron chi connectivity index (χ2n) is 3.53. The van der Waals surface area contributed by atoms with Crippen LogP contribution in [0.1, 0.15) is 25.5 Å². The Hall–Kier alpha value is -1.37. The molecule has 17 heavy (non-hydrogen) atoms. The summed E-state index contributed by atoms with van der Waals surface area (Å²) in [6, 6.07) is 0.682. The van der Waals surface area contributed by atoms with Crippen LogP contribution in [0.2, 0.25) is 0 Å². The molecule has 1 atom stereocenters. The van der Waals surface area contributed by atoms with Crippen LogP contribution in [0.4, 0.5) is 19.1 Å². The molecular weight excluding hydrogens is 235 g/mol. The molecule has 1 aromatic heterocycles. The molecule has 1 heterocycles. The molecule has 0 saturated heterocycles. The summed E-state index contributed by atoms with van der Waals surface area (Å²) in [6.07, 6.45) is -2.31. The van der Waals surface area contributed by atoms with E-state index >= 15 is 0 Å². The molecule has 96 valence electrons. The van der Waals surface area contributed by atoms with Crippen molar-refractivity contribution in [3.8, 4) is 0 Å². The van der Waals surface area contributed by atoms with Crippen LogP contribution >= 0.6 is 0 Å². The Balaban J connectivity index is 2.78. The summed E-state index contributed by atoms with van der Waals surface area (Å²) >= 11 is 0. The van der Waals surface area contributed by atoms with E-state index < -0.39 is 11.9 Å². The van der Waals surface area contributed by atoms with Crippen LogP contribution in [-0.2, 0) is 6.18 Å². The third-order valence-electron chi connectivity index (χ3n) is 2.25. The maximum absolute atomic E-state index is 12.4. The lowest BCUT2D eigenvalue weighted by atomic mass is 10.2. The van der Waals surface area contributed by atoms with E-state index in [0.29, 0.717) is 12.8 Å². The zero-order chi connectivity index (χ0) is 12.9. The summed E-state index contributed by atoms with van der Waals surface area (Å²) in [6.45, 7) is 1.82. The highest BCUT2D eigenvalue weighted by Crippen LogP contribution is 2.27. The summed E-state index contributed by atoms with van der Waals surface area (Å²) < 4.78 is 37.1. The Labute approximate surface area is 96.9 Å². The molecular formula is C10H14F3N3O. The quantitative estimate of drug-likeness (QED) is 0.838. The Morgan fingerprint density at radius 3 is 2.71 bits per heavy atom. The fourth-order valence-corrected chi connectivity index (χ4v) is 1.30. The molecule has 0 fully saturated rings. The number of hydrogen-bond donors (Lipinski definition) is 2. The molecule has 0 radical (unpaired) electrons. The predicted molar refractivity (Wildman–Crippen MR) is 56.4 cm³/mol. The Morgan fingerprint density at radius 2 is 2.18 bits per heavy atom. The maximum atomic E-state index is 12.4. The molecule has 7 heteroatoms. The van der Waals surface area contributed by atoms with E-state index in [4.69, 9.17) is 5.11 Å². The lowest BCUT2D eigenvalue weighted by Gasteiger charge is -2.16. The number of nitrogens with one attached hydrogen (secondary N) is 1. The highest BCUT2D eigenvalue weighted by atomic mass is 19.4. The molecule has 1 aromatic rings. The van der Waals surface area contributed by atoms with Gasteiger partial charge in [-0.1, -0.05) is 6.92 Å². The van der Waals surface area contributed by atoms with E-state index in [-0.39, 0.29) is 18.6 Å². The van der Waals surface area contributed by atoms with Crippen molar-refractivity contribution in [2.45, 2.75) is 32.0 Å². The van der Waals surface area contributed by atoms with Crippen LogP contribution in [0.25, 0.3) is 0 Å². The second kappa shape index (κ2) is 5.81. The average Bonchev–Trinajstić information content (AvgIpc) is 2.28. The van der Waals surface area contributed by atoms with Crippen molar-refractivity contribution in [2.24, 2.45) is 0 Å². The van der Waals surface area contributed by atoms with E-state index in [1.807, 2.05) is 6.92 Å². The van der Waals surface area contributed by atoms with Gasteiger partial charge in [-0.25, -0.2) is 9.97 Å². The second-order valence-corrected chi connectivity index (χ2v) is 3.53. The molecule has 0 amide bonds. The van der Waals surface area contributed by atoms with Gasteiger partial charge in [-0.2, -0.15) is 13.2 Å². The minimum atomic E-state index is -4.47. The molecule has 0 saturated carbocycles. The standard InChI is InChI=1S/C10H14F3N3O/c1-2-7(4-6-17)15-9-14-5-3-8(16-9)10(11,12)13/h3,5,7,17H,2,4,6H2,1H3,(H,14,15,16). The topological polar surface area (TPSA) is 58.0 Å². The number of aliphatic hydroxyl groups excluding tert-OH is 1. The Morgan fingerprint density at radius 1 is 1.47 bits per heavy atom. The monoisotopic (exact) mass is 249 g/mol. The van der Waals surface area contributed by atoms with E-state index in [9.17, 15) is 13.2 Å². The van der Waals surface area contributed by atoms with Gasteiger partial charge in [-0.15, -0.1) is 0 Å². The maximum Gasteiger partial charge on any atom is 0.433 e. The SMILES string of the molecule is CCC(CCO)Nc1nccc(C(F)(F)F)n1. The number of aromatic nitrogens is 2. The van der Waals surface area contributed by atoms with Crippen LogP contribution in [-0.4, -0.2) is 27.7 Å². The van der Waals surface area contributed by atoms with Crippen molar-refractivity contribution in [3.05, 3.63) is 18.0 Å². The van der Waals surface area contributed by atoms with E-state index in [1.54, 1.807) is 0 Å². The van der Waals surface area contributed by atoms with Gasteiger partial charge >= 0.3 is 6.18 Å². The van der Waals surface area contributed by atoms with Gasteiger partial charge in [-0.3, -0.25) is 0 Å². The van der Waals surface area contributed by atoms with Gasteiger partial charge < -0.3 is 10.4 Å². The van der Waals surface area contributed by atoms with Crippen molar-refractivity contribution in [1.29, 1.82) is 0 Å². The van der Waals surface area contributed by atoms with Crippen LogP contribution in [0.15, 0.2) is 12.3 Å². The third-order valence-corrected chi connectivity index (χ3v) is 2.25. The molecule has 2 N–H and O–H groups in total. The third kappa shape index (κ3) is 4.18. The van der Waals surface area contributed by atoms with Gasteiger partial charge in [-0.05, 0) is 18.9 Å². The molecule has 0 aromatic carbocycles. The smallest absolute Gasteiger partial charge is 0.396 e. The highest BCUT2D eigenvalue weighted by molar-refractivity contribution is 5.27. The number of alkyl halides is 3. The summed E-state index contributed by atoms with van der Waals surface area (Å²) in [5.74, 6) is -0.0693. The van der Waals surface area contributed by atoms with Gasteiger partial charge in [0, 0.05) is 18.8 Å². The summed E-state index contributed by atoms with van der Waals surface area (Å²) in [4.78, 5) is 7.10. The predicted octanol–water partition coefficient (Wildman–Crippen LogP) is 2.07. The Bertz CT molecular complexity index is 357. The van der Waals surface area contributed by atoms with Crippen LogP contribution < -0.4 is 5.32 Å². The van der Waals surface area contributed by atoms with Crippen molar-refractivity contribution in [3.63, 3.8) is 0 Å². The van der Waals surface area contributed by atoms with Crippen molar-refractivity contribution < 1.29 is 18.3 Å². The minimum absolute atomic E-state index is 0.0372. The van der Waals surface area contributed by atoms with Crippen molar-refractivity contribution in [1.82, 2.24) is 9.97 Å². The first-order valence-corrected chi connectivity index (χ1v) is 5.25. The molecule has 0 aliphatic heterocycles. The van der Waals surface area contributed by atoms with Gasteiger partial charge in [0.05, 0.1) is 0 Å². The summed E-state index contributed by atoms with van der Waals surface area (Å²) in [5, 5.41) is 11.5. The lowest BCUT2D eigenvalue weighted by molar-refractivity contribution is -0.141. The summed E-state index contributed by atoms with van der Waals surface area (Å²) in [7, 11) is 0. The molecule has 1 rings (SSSR count). The normalized spacial score (nSPS) is 13.5. The zero-order valence-electron chi connectivity index (χ0n) is 9.33. The van der Waals surface area contributed by atoms with Crippen LogP contribution in [0.3, 0.4) is 0 Å². The largest absolute Gasteiger partial charge is 0.433 e. The van der Waals surface area contributed by atoms with Gasteiger partial charge in [0.25, 0.3) is 0 Å². The first kappa shape index (κ1) is 13.7. The Kier molecular flexibility index (Phi) is 4.68. The van der Waals surface area contributed by atoms with E-state index in [2.05, 4.69) is 15.3 Å². The van der Waals surface area contributed by atoms with Crippen molar-refractivity contribution in [2.75, 3.05) is 11.9 Å². The number of nitrogens with zero attached hydrogens (tertiary/aromatic N) is 2. The van der Waals surface area contributed by atoms with Crippen LogP contribution in [0.5, 0.6) is 0 Å². The highest BCUT2D eigenvalue weighted by Gasteiger charge is 2.32. The lowest BCUT2D eigenvalue weighted by Crippen LogP contribution is -2.22. The average molecular weight is 249 g/mol. The summed E-state index contributed by atoms with van der Waals surface area (Å²) in [5.41, 5.74) is -0.978. The van der Waals surface area contributed by atoms with Gasteiger partial charge in [0.1, 0.15) is 5.69 Å². The zero-order valence-corrected chi connectivity index (χ0v) is 9.33. The molecule has 1 unspecified atom stereocenters. The van der Waals surface area contributed by atoms with Gasteiger partial charge in [0.15, 0.2) is 0 Å². The number of rotatable bonds is 5. The first-order valence-electron chi connectivity index (χ1n) is 5.25. The molecule has 4 nitrogen and oxygen atoms in total. The fraction of sp³-hybridized carbons (Fsp3) is 0.600. The minimum Gasteiger partial charge on any atom is -0.396 e. The van der Waals surface area contributed by atoms with E-state index in [1.165, 1.54) is 0 Å². The molecule has 0 aliphatic rings.